The molecule has 1 saturated heterocycles. The first kappa shape index (κ1) is 26.7. The van der Waals surface area contributed by atoms with Gasteiger partial charge in [0.1, 0.15) is 11.8 Å². The van der Waals surface area contributed by atoms with Crippen LogP contribution in [0.3, 0.4) is 0 Å². The van der Waals surface area contributed by atoms with E-state index < -0.39 is 12.0 Å². The molecule has 0 aliphatic carbocycles. The molecule has 184 valence electrons. The van der Waals surface area contributed by atoms with Gasteiger partial charge in [0.2, 0.25) is 5.91 Å². The predicted octanol–water partition coefficient (Wildman–Crippen LogP) is 4.24. The third kappa shape index (κ3) is 7.76. The maximum absolute atomic E-state index is 13.5. The fourth-order valence-electron chi connectivity index (χ4n) is 3.97. The van der Waals surface area contributed by atoms with E-state index in [-0.39, 0.29) is 18.2 Å². The lowest BCUT2D eigenvalue weighted by Crippen LogP contribution is -2.58. The highest BCUT2D eigenvalue weighted by atomic mass is 16.5. The number of carboxylic acid groups (broad SMARTS) is 1. The van der Waals surface area contributed by atoms with Crippen molar-refractivity contribution in [1.82, 2.24) is 9.80 Å². The average molecular weight is 461 g/mol. The van der Waals surface area contributed by atoms with Crippen LogP contribution >= 0.6 is 0 Å². The minimum atomic E-state index is -0.983. The highest BCUT2D eigenvalue weighted by molar-refractivity contribution is 5.98. The van der Waals surface area contributed by atoms with Crippen LogP contribution in [0.1, 0.15) is 76.2 Å². The molecule has 33 heavy (non-hydrogen) atoms. The van der Waals surface area contributed by atoms with Gasteiger partial charge in [-0.1, -0.05) is 47.5 Å². The number of hydrogen-bond donors (Lipinski definition) is 1. The second kappa shape index (κ2) is 12.6. The molecule has 0 radical (unpaired) electrons. The molecule has 1 N–H and O–H groups in total. The van der Waals surface area contributed by atoms with Crippen LogP contribution in [0.2, 0.25) is 0 Å². The highest BCUT2D eigenvalue weighted by Crippen LogP contribution is 2.25. The number of unbranched alkanes of at least 4 members (excludes halogenated alkanes) is 1. The Morgan fingerprint density at radius 1 is 1.15 bits per heavy atom. The lowest BCUT2D eigenvalue weighted by molar-refractivity contribution is -0.140. The molecule has 1 atom stereocenters. The standard InChI is InChI=1S/C26H40N2O5/c1-6-7-8-22-26(32)27(12-11-18(2)3)13-14-28(22)25(31)20-9-10-23(33-17-19(4)5)21(15-20)16-24(29)30/h9-10,15,18-19,22H,6-8,11-14,16-17H2,1-5H3,(H,29,30). The molecule has 1 heterocycles. The van der Waals surface area contributed by atoms with E-state index in [2.05, 4.69) is 20.8 Å². The number of benzene rings is 1. The molecule has 1 aromatic rings. The van der Waals surface area contributed by atoms with Crippen LogP contribution in [0.25, 0.3) is 0 Å². The molecule has 2 amide bonds. The quantitative estimate of drug-likeness (QED) is 0.504. The predicted molar refractivity (Wildman–Crippen MR) is 128 cm³/mol. The molecule has 1 fully saturated rings. The fourth-order valence-corrected chi connectivity index (χ4v) is 3.97. The fraction of sp³-hybridized carbons (Fsp3) is 0.654. The second-order valence-electron chi connectivity index (χ2n) is 9.76. The number of rotatable bonds is 12. The zero-order chi connectivity index (χ0) is 24.5. The summed E-state index contributed by atoms with van der Waals surface area (Å²) >= 11 is 0. The van der Waals surface area contributed by atoms with Crippen molar-refractivity contribution < 1.29 is 24.2 Å². The van der Waals surface area contributed by atoms with Crippen molar-refractivity contribution >= 4 is 17.8 Å². The van der Waals surface area contributed by atoms with Gasteiger partial charge in [-0.05, 0) is 42.9 Å². The molecular weight excluding hydrogens is 420 g/mol. The van der Waals surface area contributed by atoms with Crippen molar-refractivity contribution in [3.05, 3.63) is 29.3 Å². The first-order chi connectivity index (χ1) is 15.6. The van der Waals surface area contributed by atoms with Gasteiger partial charge < -0.3 is 19.6 Å². The molecule has 1 unspecified atom stereocenters. The van der Waals surface area contributed by atoms with Gasteiger partial charge in [-0.25, -0.2) is 0 Å². The minimum Gasteiger partial charge on any atom is -0.493 e. The summed E-state index contributed by atoms with van der Waals surface area (Å²) in [5.41, 5.74) is 0.870. The van der Waals surface area contributed by atoms with Gasteiger partial charge in [-0.2, -0.15) is 0 Å². The van der Waals surface area contributed by atoms with Gasteiger partial charge in [0.15, 0.2) is 0 Å². The molecule has 0 spiro atoms. The number of aliphatic carboxylic acids is 1. The van der Waals surface area contributed by atoms with E-state index in [1.807, 2.05) is 18.7 Å². The van der Waals surface area contributed by atoms with Crippen molar-refractivity contribution in [1.29, 1.82) is 0 Å². The van der Waals surface area contributed by atoms with Crippen LogP contribution in [-0.4, -0.2) is 65.0 Å². The van der Waals surface area contributed by atoms with Gasteiger partial charge in [0.25, 0.3) is 5.91 Å². The van der Waals surface area contributed by atoms with Gasteiger partial charge in [0.05, 0.1) is 13.0 Å². The highest BCUT2D eigenvalue weighted by Gasteiger charge is 2.37. The Morgan fingerprint density at radius 3 is 2.48 bits per heavy atom. The Balaban J connectivity index is 2.27. The molecule has 7 nitrogen and oxygen atoms in total. The van der Waals surface area contributed by atoms with E-state index in [0.717, 1.165) is 19.3 Å². The largest absolute Gasteiger partial charge is 0.493 e. The van der Waals surface area contributed by atoms with Gasteiger partial charge in [-0.3, -0.25) is 14.4 Å². The van der Waals surface area contributed by atoms with E-state index in [0.29, 0.717) is 61.4 Å². The second-order valence-corrected chi connectivity index (χ2v) is 9.76. The van der Waals surface area contributed by atoms with Crippen molar-refractivity contribution in [2.45, 2.75) is 72.8 Å². The number of ether oxygens (including phenoxy) is 1. The van der Waals surface area contributed by atoms with E-state index in [4.69, 9.17) is 4.74 Å². The smallest absolute Gasteiger partial charge is 0.307 e. The third-order valence-electron chi connectivity index (χ3n) is 5.87. The summed E-state index contributed by atoms with van der Waals surface area (Å²) in [6.45, 7) is 12.6. The first-order valence-electron chi connectivity index (χ1n) is 12.2. The van der Waals surface area contributed by atoms with E-state index in [1.54, 1.807) is 23.1 Å². The SMILES string of the molecule is CCCCC1C(=O)N(CCC(C)C)CCN1C(=O)c1ccc(OCC(C)C)c(CC(=O)O)c1. The number of carbonyl (C=O) groups excluding carboxylic acids is 2. The lowest BCUT2D eigenvalue weighted by Gasteiger charge is -2.41. The van der Waals surface area contributed by atoms with Crippen molar-refractivity contribution in [2.24, 2.45) is 11.8 Å². The van der Waals surface area contributed by atoms with E-state index >= 15 is 0 Å². The summed E-state index contributed by atoms with van der Waals surface area (Å²) in [7, 11) is 0. The number of carboxylic acids is 1. The Morgan fingerprint density at radius 2 is 1.88 bits per heavy atom. The number of nitrogens with zero attached hydrogens (tertiary/aromatic N) is 2. The molecule has 0 saturated carbocycles. The summed E-state index contributed by atoms with van der Waals surface area (Å²) < 4.78 is 5.78. The average Bonchev–Trinajstić information content (AvgIpc) is 2.75. The molecule has 7 heteroatoms. The van der Waals surface area contributed by atoms with Crippen molar-refractivity contribution in [3.63, 3.8) is 0 Å². The molecule has 1 aliphatic heterocycles. The number of hydrogen-bond acceptors (Lipinski definition) is 4. The van der Waals surface area contributed by atoms with Crippen LogP contribution < -0.4 is 4.74 Å². The zero-order valence-corrected chi connectivity index (χ0v) is 20.8. The van der Waals surface area contributed by atoms with Crippen LogP contribution in [-0.2, 0) is 16.0 Å². The molecule has 1 aliphatic rings. The van der Waals surface area contributed by atoms with Crippen LogP contribution in [0.15, 0.2) is 18.2 Å². The lowest BCUT2D eigenvalue weighted by atomic mass is 10.00. The Hall–Kier alpha value is -2.57. The zero-order valence-electron chi connectivity index (χ0n) is 20.8. The molecular formula is C26H40N2O5. The third-order valence-corrected chi connectivity index (χ3v) is 5.87. The number of carbonyl (C=O) groups is 3. The van der Waals surface area contributed by atoms with Crippen molar-refractivity contribution in [3.8, 4) is 5.75 Å². The maximum atomic E-state index is 13.5. The summed E-state index contributed by atoms with van der Waals surface area (Å²) in [6.07, 6.45) is 3.16. The first-order valence-corrected chi connectivity index (χ1v) is 12.2. The van der Waals surface area contributed by atoms with Crippen LogP contribution in [0, 0.1) is 11.8 Å². The van der Waals surface area contributed by atoms with Gasteiger partial charge in [-0.15, -0.1) is 0 Å². The van der Waals surface area contributed by atoms with E-state index in [1.165, 1.54) is 0 Å². The van der Waals surface area contributed by atoms with Crippen LogP contribution in [0.4, 0.5) is 0 Å². The molecule has 0 bridgehead atoms. The molecule has 0 aromatic heterocycles. The van der Waals surface area contributed by atoms with E-state index in [9.17, 15) is 19.5 Å². The van der Waals surface area contributed by atoms with Gasteiger partial charge >= 0.3 is 5.97 Å². The molecule has 1 aromatic carbocycles. The number of amides is 2. The number of piperazine rings is 1. The summed E-state index contributed by atoms with van der Waals surface area (Å²) in [5.74, 6) is 0.0989. The summed E-state index contributed by atoms with van der Waals surface area (Å²) in [4.78, 5) is 41.7. The maximum Gasteiger partial charge on any atom is 0.307 e. The monoisotopic (exact) mass is 460 g/mol. The summed E-state index contributed by atoms with van der Waals surface area (Å²) in [6, 6.07) is 4.49. The summed E-state index contributed by atoms with van der Waals surface area (Å²) in [5, 5.41) is 9.34. The van der Waals surface area contributed by atoms with Crippen molar-refractivity contribution in [2.75, 3.05) is 26.2 Å². The Labute approximate surface area is 198 Å². The Kier molecular flexibility index (Phi) is 10.2. The van der Waals surface area contributed by atoms with Gasteiger partial charge in [0, 0.05) is 30.8 Å². The normalized spacial score (nSPS) is 16.6. The topological polar surface area (TPSA) is 87.2 Å². The van der Waals surface area contributed by atoms with Crippen LogP contribution in [0.5, 0.6) is 5.75 Å². The minimum absolute atomic E-state index is 0.0198. The molecule has 2 rings (SSSR count). The Bertz CT molecular complexity index is 821.